The van der Waals surface area contributed by atoms with Crippen LogP contribution in [0, 0.1) is 5.92 Å². The molecule has 0 radical (unpaired) electrons. The lowest BCUT2D eigenvalue weighted by Gasteiger charge is -2.34. The molecule has 0 aromatic carbocycles. The number of aromatic nitrogens is 1. The fraction of sp³-hybridized carbons (Fsp3) is 0.800. The number of hydrogen-bond acceptors (Lipinski definition) is 5. The van der Waals surface area contributed by atoms with Gasteiger partial charge in [0.2, 0.25) is 0 Å². The van der Waals surface area contributed by atoms with Gasteiger partial charge in [-0.05, 0) is 31.7 Å². The van der Waals surface area contributed by atoms with Crippen LogP contribution in [0.1, 0.15) is 31.1 Å². The second-order valence-electron chi connectivity index (χ2n) is 6.02. The summed E-state index contributed by atoms with van der Waals surface area (Å²) in [4.78, 5) is 11.0. The van der Waals surface area contributed by atoms with Gasteiger partial charge in [0.1, 0.15) is 0 Å². The van der Waals surface area contributed by atoms with Crippen molar-refractivity contribution in [2.75, 3.05) is 44.2 Å². The Labute approximate surface area is 126 Å². The molecule has 0 unspecified atom stereocenters. The van der Waals surface area contributed by atoms with Crippen LogP contribution < -0.4 is 10.2 Å². The van der Waals surface area contributed by atoms with Gasteiger partial charge in [-0.1, -0.05) is 6.92 Å². The van der Waals surface area contributed by atoms with Gasteiger partial charge >= 0.3 is 0 Å². The number of hydrogen-bond donors (Lipinski definition) is 1. The number of thiazole rings is 1. The fourth-order valence-corrected chi connectivity index (χ4v) is 3.63. The van der Waals surface area contributed by atoms with Gasteiger partial charge in [0.25, 0.3) is 0 Å². The van der Waals surface area contributed by atoms with Crippen molar-refractivity contribution in [1.82, 2.24) is 15.2 Å². The van der Waals surface area contributed by atoms with Gasteiger partial charge in [0, 0.05) is 50.3 Å². The highest BCUT2D eigenvalue weighted by atomic mass is 32.1. The van der Waals surface area contributed by atoms with Crippen molar-refractivity contribution in [1.29, 1.82) is 0 Å². The molecule has 0 amide bonds. The topological polar surface area (TPSA) is 31.4 Å². The van der Waals surface area contributed by atoms with Crippen molar-refractivity contribution in [2.24, 2.45) is 5.92 Å². The number of anilines is 1. The average Bonchev–Trinajstić information content (AvgIpc) is 3.16. The minimum atomic E-state index is 0.965. The van der Waals surface area contributed by atoms with Gasteiger partial charge in [-0.25, -0.2) is 4.98 Å². The molecule has 4 nitrogen and oxygen atoms in total. The van der Waals surface area contributed by atoms with Crippen LogP contribution in [0.3, 0.4) is 0 Å². The second kappa shape index (κ2) is 6.87. The lowest BCUT2D eigenvalue weighted by molar-refractivity contribution is 0.248. The largest absolute Gasteiger partial charge is 0.346 e. The van der Waals surface area contributed by atoms with Crippen molar-refractivity contribution in [2.45, 2.75) is 32.7 Å². The molecule has 20 heavy (non-hydrogen) atoms. The Morgan fingerprint density at radius 2 is 2.10 bits per heavy atom. The van der Waals surface area contributed by atoms with Crippen molar-refractivity contribution < 1.29 is 0 Å². The number of nitrogens with one attached hydrogen (secondary N) is 1. The van der Waals surface area contributed by atoms with Gasteiger partial charge in [-0.15, -0.1) is 11.3 Å². The Morgan fingerprint density at radius 3 is 2.80 bits per heavy atom. The summed E-state index contributed by atoms with van der Waals surface area (Å²) in [5.41, 5.74) is 0. The third-order valence-corrected chi connectivity index (χ3v) is 5.18. The fourth-order valence-electron chi connectivity index (χ4n) is 2.70. The standard InChI is InChI=1S/C15H26N4S/c1-2-5-16-10-14-11-17-15(20-14)19-8-6-18(7-9-19)12-13-3-4-13/h11,13,16H,2-10,12H2,1H3. The zero-order valence-electron chi connectivity index (χ0n) is 12.5. The molecule has 1 aromatic rings. The van der Waals surface area contributed by atoms with Gasteiger partial charge in [-0.3, -0.25) is 4.90 Å². The molecule has 2 fully saturated rings. The summed E-state index contributed by atoms with van der Waals surface area (Å²) in [6.07, 6.45) is 6.15. The molecule has 1 aromatic heterocycles. The molecule has 2 heterocycles. The third kappa shape index (κ3) is 3.93. The first kappa shape index (κ1) is 14.3. The van der Waals surface area contributed by atoms with Crippen LogP contribution in [-0.4, -0.2) is 49.2 Å². The molecule has 3 rings (SSSR count). The monoisotopic (exact) mass is 294 g/mol. The van der Waals surface area contributed by atoms with Gasteiger partial charge in [0.15, 0.2) is 5.13 Å². The van der Waals surface area contributed by atoms with E-state index in [-0.39, 0.29) is 0 Å². The van der Waals surface area contributed by atoms with Crippen LogP contribution in [0.4, 0.5) is 5.13 Å². The third-order valence-electron chi connectivity index (χ3n) is 4.12. The van der Waals surface area contributed by atoms with E-state index in [4.69, 9.17) is 0 Å². The van der Waals surface area contributed by atoms with Crippen molar-refractivity contribution >= 4 is 16.5 Å². The van der Waals surface area contributed by atoms with E-state index < -0.39 is 0 Å². The highest BCUT2D eigenvalue weighted by Gasteiger charge is 2.26. The minimum absolute atomic E-state index is 0.965. The highest BCUT2D eigenvalue weighted by Crippen LogP contribution is 2.30. The quantitative estimate of drug-likeness (QED) is 0.781. The summed E-state index contributed by atoms with van der Waals surface area (Å²) in [5.74, 6) is 1.01. The van der Waals surface area contributed by atoms with Crippen LogP contribution in [0.15, 0.2) is 6.20 Å². The first-order valence-corrected chi connectivity index (χ1v) is 8.79. The lowest BCUT2D eigenvalue weighted by atomic mass is 10.3. The summed E-state index contributed by atoms with van der Waals surface area (Å²) in [5, 5.41) is 4.66. The van der Waals surface area contributed by atoms with E-state index in [2.05, 4.69) is 27.0 Å². The Morgan fingerprint density at radius 1 is 1.30 bits per heavy atom. The Balaban J connectivity index is 1.44. The molecule has 1 N–H and O–H groups in total. The minimum Gasteiger partial charge on any atom is -0.346 e. The average molecular weight is 294 g/mol. The van der Waals surface area contributed by atoms with E-state index in [1.165, 1.54) is 48.9 Å². The molecule has 0 atom stereocenters. The molecule has 1 aliphatic heterocycles. The van der Waals surface area contributed by atoms with Gasteiger partial charge in [0.05, 0.1) is 0 Å². The lowest BCUT2D eigenvalue weighted by Crippen LogP contribution is -2.46. The SMILES string of the molecule is CCCNCc1cnc(N2CCN(CC3CC3)CC2)s1. The molecule has 0 bridgehead atoms. The maximum Gasteiger partial charge on any atom is 0.185 e. The summed E-state index contributed by atoms with van der Waals surface area (Å²) in [7, 11) is 0. The van der Waals surface area contributed by atoms with Crippen LogP contribution in [0.2, 0.25) is 0 Å². The molecule has 112 valence electrons. The molecule has 0 spiro atoms. The zero-order chi connectivity index (χ0) is 13.8. The van der Waals surface area contributed by atoms with E-state index in [0.29, 0.717) is 0 Å². The van der Waals surface area contributed by atoms with E-state index in [1.54, 1.807) is 0 Å². The van der Waals surface area contributed by atoms with Gasteiger partial charge < -0.3 is 10.2 Å². The predicted molar refractivity (Wildman–Crippen MR) is 85.5 cm³/mol. The van der Waals surface area contributed by atoms with E-state index in [0.717, 1.165) is 32.1 Å². The Hall–Kier alpha value is -0.650. The van der Waals surface area contributed by atoms with Gasteiger partial charge in [-0.2, -0.15) is 0 Å². The molecular formula is C15H26N4S. The molecule has 1 saturated carbocycles. The van der Waals surface area contributed by atoms with E-state index in [1.807, 2.05) is 17.5 Å². The zero-order valence-corrected chi connectivity index (χ0v) is 13.3. The number of rotatable bonds is 7. The van der Waals surface area contributed by atoms with Crippen LogP contribution >= 0.6 is 11.3 Å². The van der Waals surface area contributed by atoms with E-state index >= 15 is 0 Å². The number of piperazine rings is 1. The van der Waals surface area contributed by atoms with E-state index in [9.17, 15) is 0 Å². The molecule has 2 aliphatic rings. The summed E-state index contributed by atoms with van der Waals surface area (Å²) in [6.45, 7) is 10.3. The molecule has 1 aliphatic carbocycles. The van der Waals surface area contributed by atoms with Crippen LogP contribution in [0.25, 0.3) is 0 Å². The maximum absolute atomic E-state index is 4.60. The Bertz CT molecular complexity index is 408. The highest BCUT2D eigenvalue weighted by molar-refractivity contribution is 7.15. The van der Waals surface area contributed by atoms with Crippen LogP contribution in [-0.2, 0) is 6.54 Å². The normalized spacial score (nSPS) is 20.6. The van der Waals surface area contributed by atoms with Crippen molar-refractivity contribution in [3.63, 3.8) is 0 Å². The summed E-state index contributed by atoms with van der Waals surface area (Å²) >= 11 is 1.85. The molecule has 1 saturated heterocycles. The van der Waals surface area contributed by atoms with Crippen molar-refractivity contribution in [3.8, 4) is 0 Å². The first-order chi connectivity index (χ1) is 9.85. The van der Waals surface area contributed by atoms with Crippen LogP contribution in [0.5, 0.6) is 0 Å². The number of nitrogens with zero attached hydrogens (tertiary/aromatic N) is 3. The first-order valence-electron chi connectivity index (χ1n) is 7.98. The summed E-state index contributed by atoms with van der Waals surface area (Å²) in [6, 6.07) is 0. The smallest absolute Gasteiger partial charge is 0.185 e. The second-order valence-corrected chi connectivity index (χ2v) is 7.11. The summed E-state index contributed by atoms with van der Waals surface area (Å²) < 4.78 is 0. The molecular weight excluding hydrogens is 268 g/mol. The predicted octanol–water partition coefficient (Wildman–Crippen LogP) is 2.17. The Kier molecular flexibility index (Phi) is 4.91. The molecule has 5 heteroatoms. The maximum atomic E-state index is 4.60. The van der Waals surface area contributed by atoms with Crippen molar-refractivity contribution in [3.05, 3.63) is 11.1 Å².